The Morgan fingerprint density at radius 1 is 1.57 bits per heavy atom. The second-order valence-electron chi connectivity index (χ2n) is 5.02. The SMILES string of the molecule is COCC(N)C(=O)Nc1cccc(OCC2CCCO2)c1. The summed E-state index contributed by atoms with van der Waals surface area (Å²) < 4.78 is 16.0. The zero-order valence-corrected chi connectivity index (χ0v) is 12.2. The van der Waals surface area contributed by atoms with Gasteiger partial charge in [-0.1, -0.05) is 6.07 Å². The summed E-state index contributed by atoms with van der Waals surface area (Å²) >= 11 is 0. The number of nitrogens with two attached hydrogens (primary N) is 1. The van der Waals surface area contributed by atoms with Crippen molar-refractivity contribution in [1.29, 1.82) is 0 Å². The molecule has 6 heteroatoms. The van der Waals surface area contributed by atoms with E-state index < -0.39 is 6.04 Å². The van der Waals surface area contributed by atoms with Gasteiger partial charge in [-0.05, 0) is 25.0 Å². The maximum Gasteiger partial charge on any atom is 0.243 e. The second-order valence-corrected chi connectivity index (χ2v) is 5.02. The molecule has 1 aromatic carbocycles. The molecule has 116 valence electrons. The molecule has 2 unspecified atom stereocenters. The van der Waals surface area contributed by atoms with E-state index >= 15 is 0 Å². The van der Waals surface area contributed by atoms with Crippen LogP contribution in [0.25, 0.3) is 0 Å². The van der Waals surface area contributed by atoms with Crippen LogP contribution in [0.1, 0.15) is 12.8 Å². The molecule has 0 bridgehead atoms. The summed E-state index contributed by atoms with van der Waals surface area (Å²) in [4.78, 5) is 11.8. The van der Waals surface area contributed by atoms with Gasteiger partial charge in [0.05, 0.1) is 12.7 Å². The topological polar surface area (TPSA) is 82.8 Å². The van der Waals surface area contributed by atoms with Crippen molar-refractivity contribution in [2.45, 2.75) is 25.0 Å². The minimum absolute atomic E-state index is 0.165. The van der Waals surface area contributed by atoms with E-state index in [0.717, 1.165) is 19.4 Å². The molecule has 0 spiro atoms. The fourth-order valence-corrected chi connectivity index (χ4v) is 2.12. The lowest BCUT2D eigenvalue weighted by atomic mass is 10.2. The van der Waals surface area contributed by atoms with E-state index in [1.54, 1.807) is 12.1 Å². The molecule has 1 aromatic rings. The van der Waals surface area contributed by atoms with Crippen LogP contribution < -0.4 is 15.8 Å². The van der Waals surface area contributed by atoms with Gasteiger partial charge in [-0.25, -0.2) is 0 Å². The van der Waals surface area contributed by atoms with Crippen LogP contribution in [-0.2, 0) is 14.3 Å². The molecule has 2 atom stereocenters. The number of carbonyl (C=O) groups excluding carboxylic acids is 1. The van der Waals surface area contributed by atoms with Crippen LogP contribution in [0.5, 0.6) is 5.75 Å². The van der Waals surface area contributed by atoms with Crippen molar-refractivity contribution in [1.82, 2.24) is 0 Å². The molecule has 3 N–H and O–H groups in total. The van der Waals surface area contributed by atoms with Crippen molar-refractivity contribution in [2.24, 2.45) is 5.73 Å². The fourth-order valence-electron chi connectivity index (χ4n) is 2.12. The van der Waals surface area contributed by atoms with Crippen LogP contribution in [-0.4, -0.2) is 45.0 Å². The zero-order chi connectivity index (χ0) is 15.1. The first-order chi connectivity index (χ1) is 10.2. The quantitative estimate of drug-likeness (QED) is 0.788. The van der Waals surface area contributed by atoms with Gasteiger partial charge >= 0.3 is 0 Å². The van der Waals surface area contributed by atoms with Crippen molar-refractivity contribution in [3.63, 3.8) is 0 Å². The number of ether oxygens (including phenoxy) is 3. The molecule has 1 amide bonds. The van der Waals surface area contributed by atoms with Gasteiger partial charge in [0.25, 0.3) is 0 Å². The molecular formula is C15H22N2O4. The standard InChI is InChI=1S/C15H22N2O4/c1-19-10-14(16)15(18)17-11-4-2-5-12(8-11)21-9-13-6-3-7-20-13/h2,4-5,8,13-14H,3,6-7,9-10,16H2,1H3,(H,17,18). The summed E-state index contributed by atoms with van der Waals surface area (Å²) in [6, 6.07) is 6.54. The third kappa shape index (κ3) is 5.00. The lowest BCUT2D eigenvalue weighted by molar-refractivity contribution is -0.118. The van der Waals surface area contributed by atoms with Gasteiger partial charge in [-0.15, -0.1) is 0 Å². The summed E-state index contributed by atoms with van der Waals surface area (Å²) in [5, 5.41) is 2.74. The van der Waals surface area contributed by atoms with Gasteiger partial charge in [0, 0.05) is 25.5 Å². The Labute approximate surface area is 124 Å². The van der Waals surface area contributed by atoms with Gasteiger partial charge < -0.3 is 25.3 Å². The number of hydrogen-bond acceptors (Lipinski definition) is 5. The van der Waals surface area contributed by atoms with Crippen LogP contribution in [0.2, 0.25) is 0 Å². The minimum atomic E-state index is -0.688. The van der Waals surface area contributed by atoms with Crippen molar-refractivity contribution in [3.8, 4) is 5.75 Å². The number of benzene rings is 1. The Bertz CT molecular complexity index is 461. The zero-order valence-electron chi connectivity index (χ0n) is 12.2. The highest BCUT2D eigenvalue weighted by molar-refractivity contribution is 5.94. The Morgan fingerprint density at radius 2 is 2.43 bits per heavy atom. The number of hydrogen-bond donors (Lipinski definition) is 2. The van der Waals surface area contributed by atoms with E-state index in [0.29, 0.717) is 18.0 Å². The maximum absolute atomic E-state index is 11.8. The lowest BCUT2D eigenvalue weighted by Crippen LogP contribution is -2.39. The third-order valence-electron chi connectivity index (χ3n) is 3.24. The van der Waals surface area contributed by atoms with E-state index in [-0.39, 0.29) is 18.6 Å². The van der Waals surface area contributed by atoms with Gasteiger partial charge in [0.15, 0.2) is 0 Å². The Balaban J connectivity index is 1.86. The smallest absolute Gasteiger partial charge is 0.243 e. The van der Waals surface area contributed by atoms with E-state index in [1.807, 2.05) is 12.1 Å². The number of nitrogens with one attached hydrogen (secondary N) is 1. The number of carbonyl (C=O) groups is 1. The van der Waals surface area contributed by atoms with Gasteiger partial charge in [-0.3, -0.25) is 4.79 Å². The first-order valence-corrected chi connectivity index (χ1v) is 7.09. The molecule has 2 rings (SSSR count). The largest absolute Gasteiger partial charge is 0.491 e. The molecule has 6 nitrogen and oxygen atoms in total. The van der Waals surface area contributed by atoms with Crippen molar-refractivity contribution >= 4 is 11.6 Å². The molecular weight excluding hydrogens is 272 g/mol. The molecule has 1 aliphatic heterocycles. The van der Waals surface area contributed by atoms with E-state index in [1.165, 1.54) is 7.11 Å². The highest BCUT2D eigenvalue weighted by Gasteiger charge is 2.16. The molecule has 1 fully saturated rings. The Hall–Kier alpha value is -1.63. The molecule has 1 saturated heterocycles. The Kier molecular flexibility index (Phi) is 5.98. The molecule has 21 heavy (non-hydrogen) atoms. The van der Waals surface area contributed by atoms with E-state index in [4.69, 9.17) is 19.9 Å². The normalized spacial score (nSPS) is 19.2. The summed E-state index contributed by atoms with van der Waals surface area (Å²) in [7, 11) is 1.51. The summed E-state index contributed by atoms with van der Waals surface area (Å²) in [6.45, 7) is 1.52. The minimum Gasteiger partial charge on any atom is -0.491 e. The molecule has 1 heterocycles. The monoisotopic (exact) mass is 294 g/mol. The predicted octanol–water partition coefficient (Wildman–Crippen LogP) is 1.16. The van der Waals surface area contributed by atoms with Crippen molar-refractivity contribution < 1.29 is 19.0 Å². The Morgan fingerprint density at radius 3 is 3.14 bits per heavy atom. The number of anilines is 1. The summed E-state index contributed by atoms with van der Waals surface area (Å²) in [5.74, 6) is 0.414. The molecule has 0 saturated carbocycles. The summed E-state index contributed by atoms with van der Waals surface area (Å²) in [5.41, 5.74) is 6.32. The first-order valence-electron chi connectivity index (χ1n) is 7.09. The molecule has 0 aliphatic carbocycles. The van der Waals surface area contributed by atoms with Gasteiger partial charge in [-0.2, -0.15) is 0 Å². The fraction of sp³-hybridized carbons (Fsp3) is 0.533. The summed E-state index contributed by atoms with van der Waals surface area (Å²) in [6.07, 6.45) is 2.28. The first kappa shape index (κ1) is 15.8. The van der Waals surface area contributed by atoms with Crippen LogP contribution in [0, 0.1) is 0 Å². The van der Waals surface area contributed by atoms with Crippen molar-refractivity contribution in [2.75, 3.05) is 32.2 Å². The second kappa shape index (κ2) is 7.97. The van der Waals surface area contributed by atoms with Gasteiger partial charge in [0.2, 0.25) is 5.91 Å². The third-order valence-corrected chi connectivity index (χ3v) is 3.24. The van der Waals surface area contributed by atoms with Crippen LogP contribution in [0.3, 0.4) is 0 Å². The predicted molar refractivity (Wildman–Crippen MR) is 79.4 cm³/mol. The van der Waals surface area contributed by atoms with E-state index in [2.05, 4.69) is 5.32 Å². The number of methoxy groups -OCH3 is 1. The highest BCUT2D eigenvalue weighted by Crippen LogP contribution is 2.19. The molecule has 0 aromatic heterocycles. The van der Waals surface area contributed by atoms with Crippen LogP contribution in [0.15, 0.2) is 24.3 Å². The van der Waals surface area contributed by atoms with E-state index in [9.17, 15) is 4.79 Å². The average molecular weight is 294 g/mol. The van der Waals surface area contributed by atoms with Crippen molar-refractivity contribution in [3.05, 3.63) is 24.3 Å². The molecule has 0 radical (unpaired) electrons. The number of amides is 1. The number of rotatable bonds is 7. The van der Waals surface area contributed by atoms with Crippen LogP contribution >= 0.6 is 0 Å². The van der Waals surface area contributed by atoms with Gasteiger partial charge in [0.1, 0.15) is 18.4 Å². The average Bonchev–Trinajstić information content (AvgIpc) is 2.99. The highest BCUT2D eigenvalue weighted by atomic mass is 16.5. The maximum atomic E-state index is 11.8. The lowest BCUT2D eigenvalue weighted by Gasteiger charge is -2.14. The van der Waals surface area contributed by atoms with Crippen LogP contribution in [0.4, 0.5) is 5.69 Å². The molecule has 1 aliphatic rings.